The number of carbonyl (C=O) groups excluding carboxylic acids is 1. The molecule has 1 aliphatic heterocycles. The quantitative estimate of drug-likeness (QED) is 0.446. The first-order valence-electron chi connectivity index (χ1n) is 9.80. The Bertz CT molecular complexity index is 952. The fourth-order valence-electron chi connectivity index (χ4n) is 3.42. The van der Waals surface area contributed by atoms with Gasteiger partial charge in [-0.15, -0.1) is 0 Å². The average molecular weight is 445 g/mol. The van der Waals surface area contributed by atoms with Crippen molar-refractivity contribution in [1.82, 2.24) is 29.6 Å². The van der Waals surface area contributed by atoms with E-state index >= 15 is 0 Å². The maximum atomic E-state index is 12.5. The molecule has 0 aliphatic carbocycles. The minimum atomic E-state index is -0.296. The molecule has 1 fully saturated rings. The second-order valence-electron chi connectivity index (χ2n) is 7.27. The van der Waals surface area contributed by atoms with E-state index in [1.807, 2.05) is 29.9 Å². The van der Waals surface area contributed by atoms with Crippen LogP contribution in [0.4, 0.5) is 4.79 Å². The lowest BCUT2D eigenvalue weighted by molar-refractivity contribution is 0.134. The highest BCUT2D eigenvalue weighted by Gasteiger charge is 2.24. The molecule has 1 saturated heterocycles. The Labute approximate surface area is 184 Å². The molecule has 0 spiro atoms. The predicted octanol–water partition coefficient (Wildman–Crippen LogP) is 3.56. The van der Waals surface area contributed by atoms with Crippen molar-refractivity contribution in [2.45, 2.75) is 23.2 Å². The zero-order valence-corrected chi connectivity index (χ0v) is 18.4. The molecule has 30 heavy (non-hydrogen) atoms. The summed E-state index contributed by atoms with van der Waals surface area (Å²) in [6.07, 6.45) is 6.79. The Morgan fingerprint density at radius 2 is 2.07 bits per heavy atom. The standard InChI is InChI=1S/C20H24N6O2S2/c1-25-11-8-21-18(25)17(29)15-2-4-16(5-3-15)28-20(27)26-9-6-14(7-10-26)12-30-19-22-13-23-24-19/h2-5,8,11,13-14,17,29H,6-7,9-10,12H2,1H3,(H,22,23,24). The molecule has 2 aromatic heterocycles. The molecule has 1 atom stereocenters. The first-order chi connectivity index (χ1) is 14.6. The predicted molar refractivity (Wildman–Crippen MR) is 118 cm³/mol. The summed E-state index contributed by atoms with van der Waals surface area (Å²) in [7, 11) is 1.94. The van der Waals surface area contributed by atoms with Gasteiger partial charge in [-0.2, -0.15) is 17.7 Å². The summed E-state index contributed by atoms with van der Waals surface area (Å²) in [5, 5.41) is 7.42. The Morgan fingerprint density at radius 1 is 1.30 bits per heavy atom. The molecule has 0 bridgehead atoms. The largest absolute Gasteiger partial charge is 0.415 e. The number of aryl methyl sites for hydroxylation is 1. The number of thioether (sulfide) groups is 1. The third-order valence-corrected chi connectivity index (χ3v) is 6.86. The van der Waals surface area contributed by atoms with Crippen LogP contribution in [-0.2, 0) is 7.05 Å². The smallest absolute Gasteiger partial charge is 0.410 e. The summed E-state index contributed by atoms with van der Waals surface area (Å²) in [6, 6.07) is 7.45. The van der Waals surface area contributed by atoms with Crippen LogP contribution in [0.1, 0.15) is 29.5 Å². The number of rotatable bonds is 6. The fourth-order valence-corrected chi connectivity index (χ4v) is 4.80. The van der Waals surface area contributed by atoms with Crippen LogP contribution in [0.3, 0.4) is 0 Å². The molecular formula is C20H24N6O2S2. The molecule has 3 heterocycles. The molecule has 1 aromatic carbocycles. The number of benzene rings is 1. The summed E-state index contributed by atoms with van der Waals surface area (Å²) in [5.41, 5.74) is 0.998. The number of ether oxygens (including phenoxy) is 1. The molecule has 1 N–H and O–H groups in total. The van der Waals surface area contributed by atoms with Crippen molar-refractivity contribution in [3.05, 3.63) is 54.4 Å². The monoisotopic (exact) mass is 444 g/mol. The number of thiol groups is 1. The molecule has 158 valence electrons. The number of piperidine rings is 1. The minimum absolute atomic E-state index is 0.136. The van der Waals surface area contributed by atoms with Crippen molar-refractivity contribution in [3.63, 3.8) is 0 Å². The van der Waals surface area contributed by atoms with Gasteiger partial charge in [-0.3, -0.25) is 5.10 Å². The van der Waals surface area contributed by atoms with Crippen LogP contribution in [0.5, 0.6) is 5.75 Å². The third kappa shape index (κ3) is 4.99. The van der Waals surface area contributed by atoms with Crippen LogP contribution in [-0.4, -0.2) is 54.6 Å². The molecule has 0 radical (unpaired) electrons. The van der Waals surface area contributed by atoms with E-state index in [1.54, 1.807) is 35.0 Å². The molecule has 1 unspecified atom stereocenters. The highest BCUT2D eigenvalue weighted by molar-refractivity contribution is 7.99. The van der Waals surface area contributed by atoms with Gasteiger partial charge in [0.05, 0.1) is 5.25 Å². The number of nitrogens with one attached hydrogen (secondary N) is 1. The summed E-state index contributed by atoms with van der Waals surface area (Å²) < 4.78 is 7.51. The van der Waals surface area contributed by atoms with Gasteiger partial charge in [0.2, 0.25) is 0 Å². The molecule has 10 heteroatoms. The number of aromatic nitrogens is 5. The maximum Gasteiger partial charge on any atom is 0.415 e. The van der Waals surface area contributed by atoms with E-state index in [4.69, 9.17) is 4.74 Å². The van der Waals surface area contributed by atoms with E-state index in [-0.39, 0.29) is 11.3 Å². The summed E-state index contributed by atoms with van der Waals surface area (Å²) >= 11 is 6.34. The van der Waals surface area contributed by atoms with Gasteiger partial charge in [0.15, 0.2) is 5.16 Å². The maximum absolute atomic E-state index is 12.5. The highest BCUT2D eigenvalue weighted by atomic mass is 32.2. The lowest BCUT2D eigenvalue weighted by atomic mass is 9.99. The van der Waals surface area contributed by atoms with Crippen molar-refractivity contribution >= 4 is 30.5 Å². The molecule has 1 aliphatic rings. The second-order valence-corrected chi connectivity index (χ2v) is 8.79. The van der Waals surface area contributed by atoms with Crippen LogP contribution in [0.25, 0.3) is 0 Å². The zero-order valence-electron chi connectivity index (χ0n) is 16.6. The van der Waals surface area contributed by atoms with Gasteiger partial charge in [0.1, 0.15) is 17.9 Å². The van der Waals surface area contributed by atoms with E-state index in [9.17, 15) is 4.79 Å². The number of amides is 1. The van der Waals surface area contributed by atoms with Gasteiger partial charge < -0.3 is 14.2 Å². The number of nitrogens with zero attached hydrogens (tertiary/aromatic N) is 5. The first-order valence-corrected chi connectivity index (χ1v) is 11.3. The van der Waals surface area contributed by atoms with Crippen LogP contribution < -0.4 is 4.74 Å². The van der Waals surface area contributed by atoms with Crippen molar-refractivity contribution in [1.29, 1.82) is 0 Å². The molecular weight excluding hydrogens is 420 g/mol. The van der Waals surface area contributed by atoms with E-state index in [0.29, 0.717) is 24.8 Å². The summed E-state index contributed by atoms with van der Waals surface area (Å²) in [5.74, 6) is 2.93. The molecule has 1 amide bonds. The van der Waals surface area contributed by atoms with E-state index in [1.165, 1.54) is 6.33 Å². The van der Waals surface area contributed by atoms with Gasteiger partial charge in [0.25, 0.3) is 0 Å². The van der Waals surface area contributed by atoms with Crippen LogP contribution >= 0.6 is 24.4 Å². The van der Waals surface area contributed by atoms with E-state index in [2.05, 4.69) is 32.8 Å². The van der Waals surface area contributed by atoms with Gasteiger partial charge >= 0.3 is 6.09 Å². The number of hydrogen-bond donors (Lipinski definition) is 2. The number of aromatic amines is 1. The van der Waals surface area contributed by atoms with Crippen molar-refractivity contribution in [3.8, 4) is 5.75 Å². The SMILES string of the molecule is Cn1ccnc1C(S)c1ccc(OC(=O)N2CCC(CSc3ncn[nH]3)CC2)cc1. The van der Waals surface area contributed by atoms with Crippen molar-refractivity contribution in [2.75, 3.05) is 18.8 Å². The van der Waals surface area contributed by atoms with Crippen molar-refractivity contribution in [2.24, 2.45) is 13.0 Å². The Morgan fingerprint density at radius 3 is 2.70 bits per heavy atom. The lowest BCUT2D eigenvalue weighted by Crippen LogP contribution is -2.40. The summed E-state index contributed by atoms with van der Waals surface area (Å²) in [6.45, 7) is 1.41. The molecule has 0 saturated carbocycles. The number of imidazole rings is 1. The first kappa shape index (κ1) is 20.8. The van der Waals surface area contributed by atoms with Gasteiger partial charge in [-0.25, -0.2) is 14.8 Å². The van der Waals surface area contributed by atoms with Gasteiger partial charge in [-0.1, -0.05) is 23.9 Å². The Balaban J connectivity index is 1.25. The van der Waals surface area contributed by atoms with Gasteiger partial charge in [-0.05, 0) is 36.5 Å². The number of hydrogen-bond acceptors (Lipinski definition) is 7. The Hall–Kier alpha value is -2.46. The lowest BCUT2D eigenvalue weighted by Gasteiger charge is -2.30. The third-order valence-electron chi connectivity index (χ3n) is 5.23. The van der Waals surface area contributed by atoms with Crippen LogP contribution in [0, 0.1) is 5.92 Å². The number of likely N-dealkylation sites (tertiary alicyclic amines) is 1. The van der Waals surface area contributed by atoms with Crippen LogP contribution in [0.2, 0.25) is 0 Å². The number of carbonyl (C=O) groups is 1. The van der Waals surface area contributed by atoms with Crippen molar-refractivity contribution < 1.29 is 9.53 Å². The normalized spacial score (nSPS) is 15.9. The zero-order chi connectivity index (χ0) is 20.9. The fraction of sp³-hybridized carbons (Fsp3) is 0.400. The molecule has 8 nitrogen and oxygen atoms in total. The molecule has 3 aromatic rings. The van der Waals surface area contributed by atoms with E-state index in [0.717, 1.165) is 35.1 Å². The number of H-pyrrole nitrogens is 1. The Kier molecular flexibility index (Phi) is 6.63. The van der Waals surface area contributed by atoms with E-state index < -0.39 is 0 Å². The minimum Gasteiger partial charge on any atom is -0.410 e. The average Bonchev–Trinajstić information content (AvgIpc) is 3.44. The summed E-state index contributed by atoms with van der Waals surface area (Å²) in [4.78, 5) is 22.8. The topological polar surface area (TPSA) is 88.9 Å². The van der Waals surface area contributed by atoms with Gasteiger partial charge in [0, 0.05) is 38.3 Å². The molecule has 4 rings (SSSR count). The van der Waals surface area contributed by atoms with Crippen LogP contribution in [0.15, 0.2) is 48.1 Å². The second kappa shape index (κ2) is 9.57. The highest BCUT2D eigenvalue weighted by Crippen LogP contribution is 2.29.